The molecule has 3 aromatic rings. The second-order valence-corrected chi connectivity index (χ2v) is 9.70. The summed E-state index contributed by atoms with van der Waals surface area (Å²) in [5, 5.41) is 2.49. The Hall–Kier alpha value is -2.79. The van der Waals surface area contributed by atoms with Crippen LogP contribution in [-0.2, 0) is 16.1 Å². The molecule has 3 aromatic carbocycles. The number of hydrogen-bond acceptors (Lipinski definition) is 4. The van der Waals surface area contributed by atoms with Crippen molar-refractivity contribution < 1.29 is 18.4 Å². The van der Waals surface area contributed by atoms with Gasteiger partial charge in [0.2, 0.25) is 11.8 Å². The number of nitrogens with one attached hydrogen (secondary N) is 1. The van der Waals surface area contributed by atoms with Crippen molar-refractivity contribution in [3.63, 3.8) is 0 Å². The zero-order valence-electron chi connectivity index (χ0n) is 17.2. The van der Waals surface area contributed by atoms with E-state index in [-0.39, 0.29) is 30.6 Å². The molecular formula is C24H18F2IN3O2S. The average Bonchev–Trinajstić information content (AvgIpc) is 2.80. The first kappa shape index (κ1) is 23.4. The van der Waals surface area contributed by atoms with E-state index in [1.165, 1.54) is 53.1 Å². The summed E-state index contributed by atoms with van der Waals surface area (Å²) < 4.78 is 27.7. The fourth-order valence-corrected chi connectivity index (χ4v) is 4.61. The number of carbonyl (C=O) groups is 2. The number of hydrogen-bond donors (Lipinski definition) is 1. The van der Waals surface area contributed by atoms with Crippen LogP contribution in [0.15, 0.2) is 77.8 Å². The molecule has 0 radical (unpaired) electrons. The van der Waals surface area contributed by atoms with Crippen molar-refractivity contribution in [3.8, 4) is 0 Å². The minimum Gasteiger partial charge on any atom is -0.325 e. The van der Waals surface area contributed by atoms with E-state index < -0.39 is 11.1 Å². The van der Waals surface area contributed by atoms with Crippen LogP contribution in [-0.4, -0.2) is 27.1 Å². The normalized spacial score (nSPS) is 17.3. The summed E-state index contributed by atoms with van der Waals surface area (Å²) >= 11 is 3.35. The quantitative estimate of drug-likeness (QED) is 0.395. The van der Waals surface area contributed by atoms with Crippen LogP contribution in [0.25, 0.3) is 0 Å². The van der Waals surface area contributed by atoms with Gasteiger partial charge in [-0.1, -0.05) is 23.9 Å². The smallest absolute Gasteiger partial charge is 0.238 e. The Bertz CT molecular complexity index is 1190. The molecule has 1 aliphatic rings. The van der Waals surface area contributed by atoms with E-state index in [2.05, 4.69) is 32.9 Å². The third-order valence-electron chi connectivity index (χ3n) is 4.85. The average molecular weight is 577 g/mol. The van der Waals surface area contributed by atoms with Gasteiger partial charge in [-0.25, -0.2) is 13.8 Å². The summed E-state index contributed by atoms with van der Waals surface area (Å²) in [6, 6.07) is 18.7. The van der Waals surface area contributed by atoms with Crippen molar-refractivity contribution in [2.75, 3.05) is 5.32 Å². The second-order valence-electron chi connectivity index (χ2n) is 7.28. The molecule has 0 saturated carbocycles. The number of amidine groups is 1. The zero-order chi connectivity index (χ0) is 23.4. The van der Waals surface area contributed by atoms with Crippen molar-refractivity contribution >= 4 is 62.7 Å². The van der Waals surface area contributed by atoms with Gasteiger partial charge in [0.05, 0.1) is 12.2 Å². The Kier molecular flexibility index (Phi) is 7.39. The zero-order valence-corrected chi connectivity index (χ0v) is 20.1. The minimum absolute atomic E-state index is 0.00942. The standard InChI is InChI=1S/C24H18F2IN3O2S/c25-16-3-1-15(2-4-16)14-30-22(31)13-21(23(32)28-19-11-7-18(27)8-12-19)33-24(30)29-20-9-5-17(26)6-10-20/h1-12,21H,13-14H2,(H,28,32). The van der Waals surface area contributed by atoms with Crippen LogP contribution in [0, 0.1) is 15.2 Å². The van der Waals surface area contributed by atoms with E-state index in [1.807, 2.05) is 12.1 Å². The Morgan fingerprint density at radius 2 is 1.61 bits per heavy atom. The maximum atomic E-state index is 13.3. The molecule has 0 aromatic heterocycles. The van der Waals surface area contributed by atoms with Gasteiger partial charge < -0.3 is 5.32 Å². The van der Waals surface area contributed by atoms with Crippen LogP contribution in [0.3, 0.4) is 0 Å². The number of benzene rings is 3. The van der Waals surface area contributed by atoms with Gasteiger partial charge in [-0.15, -0.1) is 0 Å². The number of aliphatic imine (C=N–C) groups is 1. The van der Waals surface area contributed by atoms with Gasteiger partial charge in [-0.05, 0) is 88.8 Å². The molecular weight excluding hydrogens is 559 g/mol. The molecule has 1 fully saturated rings. The monoisotopic (exact) mass is 577 g/mol. The largest absolute Gasteiger partial charge is 0.325 e. The lowest BCUT2D eigenvalue weighted by atomic mass is 10.2. The molecule has 5 nitrogen and oxygen atoms in total. The SMILES string of the molecule is O=C(Nc1ccc(I)cc1)C1CC(=O)N(Cc2ccc(F)cc2)C(=Nc2ccc(F)cc2)S1. The molecule has 1 saturated heterocycles. The van der Waals surface area contributed by atoms with Crippen molar-refractivity contribution in [2.45, 2.75) is 18.2 Å². The topological polar surface area (TPSA) is 61.8 Å². The first-order valence-electron chi connectivity index (χ1n) is 9.99. The maximum absolute atomic E-state index is 13.3. The first-order chi connectivity index (χ1) is 15.9. The highest BCUT2D eigenvalue weighted by Crippen LogP contribution is 2.31. The molecule has 1 heterocycles. The lowest BCUT2D eigenvalue weighted by Crippen LogP contribution is -2.44. The van der Waals surface area contributed by atoms with Crippen molar-refractivity contribution in [3.05, 3.63) is 93.6 Å². The van der Waals surface area contributed by atoms with Crippen LogP contribution in [0.5, 0.6) is 0 Å². The molecule has 0 spiro atoms. The van der Waals surface area contributed by atoms with Crippen molar-refractivity contribution in [2.24, 2.45) is 4.99 Å². The maximum Gasteiger partial charge on any atom is 0.238 e. The van der Waals surface area contributed by atoms with E-state index >= 15 is 0 Å². The summed E-state index contributed by atoms with van der Waals surface area (Å²) in [5.41, 5.74) is 1.81. The van der Waals surface area contributed by atoms with E-state index in [9.17, 15) is 18.4 Å². The van der Waals surface area contributed by atoms with Gasteiger partial charge in [-0.2, -0.15) is 0 Å². The van der Waals surface area contributed by atoms with Crippen LogP contribution >= 0.6 is 34.4 Å². The molecule has 1 unspecified atom stereocenters. The molecule has 1 atom stereocenters. The van der Waals surface area contributed by atoms with Crippen LogP contribution in [0.1, 0.15) is 12.0 Å². The Morgan fingerprint density at radius 3 is 2.24 bits per heavy atom. The van der Waals surface area contributed by atoms with E-state index in [0.29, 0.717) is 16.5 Å². The third-order valence-corrected chi connectivity index (χ3v) is 6.76. The molecule has 2 amide bonds. The molecule has 33 heavy (non-hydrogen) atoms. The minimum atomic E-state index is -0.680. The van der Waals surface area contributed by atoms with Gasteiger partial charge >= 0.3 is 0 Å². The van der Waals surface area contributed by atoms with Crippen LogP contribution in [0.4, 0.5) is 20.2 Å². The molecule has 4 rings (SSSR count). The fourth-order valence-electron chi connectivity index (χ4n) is 3.15. The fraction of sp³-hybridized carbons (Fsp3) is 0.125. The number of amides is 2. The predicted molar refractivity (Wildman–Crippen MR) is 134 cm³/mol. The molecule has 9 heteroatoms. The van der Waals surface area contributed by atoms with Gasteiger partial charge in [0.1, 0.15) is 16.9 Å². The lowest BCUT2D eigenvalue weighted by molar-refractivity contribution is -0.129. The molecule has 0 bridgehead atoms. The summed E-state index contributed by atoms with van der Waals surface area (Å²) in [6.07, 6.45) is -0.00942. The Labute approximate surface area is 207 Å². The van der Waals surface area contributed by atoms with Gasteiger partial charge in [0.25, 0.3) is 0 Å². The summed E-state index contributed by atoms with van der Waals surface area (Å²) in [7, 11) is 0. The molecule has 0 aliphatic carbocycles. The van der Waals surface area contributed by atoms with Gasteiger partial charge in [0.15, 0.2) is 5.17 Å². The summed E-state index contributed by atoms with van der Waals surface area (Å²) in [4.78, 5) is 31.9. The summed E-state index contributed by atoms with van der Waals surface area (Å²) in [5.74, 6) is -1.35. The van der Waals surface area contributed by atoms with Crippen molar-refractivity contribution in [1.29, 1.82) is 0 Å². The van der Waals surface area contributed by atoms with Gasteiger partial charge in [-0.3, -0.25) is 14.5 Å². The number of nitrogens with zero attached hydrogens (tertiary/aromatic N) is 2. The molecule has 168 valence electrons. The van der Waals surface area contributed by atoms with Crippen LogP contribution in [0.2, 0.25) is 0 Å². The Morgan fingerprint density at radius 1 is 1.00 bits per heavy atom. The highest BCUT2D eigenvalue weighted by atomic mass is 127. The number of rotatable bonds is 5. The third kappa shape index (κ3) is 6.17. The number of thioether (sulfide) groups is 1. The Balaban J connectivity index is 1.59. The van der Waals surface area contributed by atoms with Crippen molar-refractivity contribution in [1.82, 2.24) is 4.90 Å². The van der Waals surface area contributed by atoms with Gasteiger partial charge in [0, 0.05) is 15.7 Å². The summed E-state index contributed by atoms with van der Waals surface area (Å²) in [6.45, 7) is 0.178. The highest BCUT2D eigenvalue weighted by molar-refractivity contribution is 14.1. The molecule has 1 aliphatic heterocycles. The van der Waals surface area contributed by atoms with E-state index in [1.54, 1.807) is 24.3 Å². The predicted octanol–water partition coefficient (Wildman–Crippen LogP) is 5.73. The highest BCUT2D eigenvalue weighted by Gasteiger charge is 2.36. The van der Waals surface area contributed by atoms with E-state index in [0.717, 1.165) is 9.13 Å². The lowest BCUT2D eigenvalue weighted by Gasteiger charge is -2.32. The van der Waals surface area contributed by atoms with E-state index in [4.69, 9.17) is 0 Å². The first-order valence-corrected chi connectivity index (χ1v) is 12.0. The molecule has 1 N–H and O–H groups in total. The second kappa shape index (κ2) is 10.4. The number of halogens is 3. The number of anilines is 1. The number of carbonyl (C=O) groups excluding carboxylic acids is 2. The van der Waals surface area contributed by atoms with Crippen LogP contribution < -0.4 is 5.32 Å².